The minimum atomic E-state index is 0.181. The van der Waals surface area contributed by atoms with Crippen LogP contribution in [0.5, 0.6) is 5.75 Å². The molecule has 0 aliphatic rings. The predicted octanol–water partition coefficient (Wildman–Crippen LogP) is 2.74. The molecule has 0 fully saturated rings. The van der Waals surface area contributed by atoms with Gasteiger partial charge in [0.15, 0.2) is 0 Å². The van der Waals surface area contributed by atoms with Gasteiger partial charge in [-0.1, -0.05) is 26.0 Å². The Labute approximate surface area is 91.9 Å². The van der Waals surface area contributed by atoms with Crippen molar-refractivity contribution in [1.82, 2.24) is 0 Å². The highest BCUT2D eigenvalue weighted by molar-refractivity contribution is 5.39. The molecule has 1 rings (SSSR count). The summed E-state index contributed by atoms with van der Waals surface area (Å²) in [6.45, 7) is 4.39. The van der Waals surface area contributed by atoms with E-state index in [-0.39, 0.29) is 12.5 Å². The topological polar surface area (TPSA) is 29.5 Å². The first kappa shape index (κ1) is 12.1. The van der Waals surface area contributed by atoms with Gasteiger partial charge in [-0.2, -0.15) is 0 Å². The minimum absolute atomic E-state index is 0.181. The van der Waals surface area contributed by atoms with Crippen LogP contribution in [0.4, 0.5) is 0 Å². The number of rotatable bonds is 5. The van der Waals surface area contributed by atoms with E-state index in [1.165, 1.54) is 5.56 Å². The molecular formula is C13H20O2. The summed E-state index contributed by atoms with van der Waals surface area (Å²) in [5.41, 5.74) is 2.42. The van der Waals surface area contributed by atoms with E-state index in [2.05, 4.69) is 26.0 Å². The van der Waals surface area contributed by atoms with Crippen LogP contribution in [0.15, 0.2) is 18.2 Å². The second-order valence-electron chi connectivity index (χ2n) is 3.72. The lowest BCUT2D eigenvalue weighted by Gasteiger charge is -2.17. The van der Waals surface area contributed by atoms with Gasteiger partial charge in [0.25, 0.3) is 0 Å². The highest BCUT2D eigenvalue weighted by atomic mass is 16.5. The Morgan fingerprint density at radius 3 is 2.53 bits per heavy atom. The van der Waals surface area contributed by atoms with Gasteiger partial charge in [0.2, 0.25) is 0 Å². The Morgan fingerprint density at radius 2 is 2.07 bits per heavy atom. The molecule has 15 heavy (non-hydrogen) atoms. The third kappa shape index (κ3) is 2.72. The smallest absolute Gasteiger partial charge is 0.122 e. The summed E-state index contributed by atoms with van der Waals surface area (Å²) < 4.78 is 5.32. The van der Waals surface area contributed by atoms with Gasteiger partial charge in [-0.15, -0.1) is 0 Å². The zero-order valence-electron chi connectivity index (χ0n) is 9.79. The largest absolute Gasteiger partial charge is 0.496 e. The van der Waals surface area contributed by atoms with Crippen molar-refractivity contribution in [2.45, 2.75) is 32.6 Å². The van der Waals surface area contributed by atoms with Crippen LogP contribution in [0.2, 0.25) is 0 Å². The van der Waals surface area contributed by atoms with Gasteiger partial charge in [0.05, 0.1) is 13.7 Å². The standard InChI is InChI=1S/C13H20O2/c1-4-10-6-7-13(15-3)12(8-10)11(5-2)9-14/h6-8,11,14H,4-5,9H2,1-3H3. The first-order chi connectivity index (χ1) is 7.26. The van der Waals surface area contributed by atoms with Crippen LogP contribution in [0, 0.1) is 0 Å². The fourth-order valence-corrected chi connectivity index (χ4v) is 1.77. The van der Waals surface area contributed by atoms with Crippen molar-refractivity contribution in [3.05, 3.63) is 29.3 Å². The molecular weight excluding hydrogens is 188 g/mol. The van der Waals surface area contributed by atoms with Crippen molar-refractivity contribution in [3.8, 4) is 5.75 Å². The van der Waals surface area contributed by atoms with Gasteiger partial charge in [0.1, 0.15) is 5.75 Å². The summed E-state index contributed by atoms with van der Waals surface area (Å²) in [7, 11) is 1.68. The molecule has 0 saturated heterocycles. The number of methoxy groups -OCH3 is 1. The van der Waals surface area contributed by atoms with Crippen LogP contribution in [-0.4, -0.2) is 18.8 Å². The first-order valence-corrected chi connectivity index (χ1v) is 5.54. The first-order valence-electron chi connectivity index (χ1n) is 5.54. The molecule has 0 saturated carbocycles. The number of ether oxygens (including phenoxy) is 1. The van der Waals surface area contributed by atoms with Crippen LogP contribution < -0.4 is 4.74 Å². The van der Waals surface area contributed by atoms with E-state index < -0.39 is 0 Å². The molecule has 1 aromatic carbocycles. The Bertz CT molecular complexity index is 303. The molecule has 2 heteroatoms. The van der Waals surface area contributed by atoms with Crippen LogP contribution in [0.1, 0.15) is 37.3 Å². The maximum absolute atomic E-state index is 9.31. The SMILES string of the molecule is CCc1ccc(OC)c(C(CC)CO)c1. The number of aliphatic hydroxyl groups excluding tert-OH is 1. The number of hydrogen-bond acceptors (Lipinski definition) is 2. The van der Waals surface area contributed by atoms with Crippen molar-refractivity contribution in [3.63, 3.8) is 0 Å². The molecule has 0 amide bonds. The number of aliphatic hydroxyl groups is 1. The van der Waals surface area contributed by atoms with E-state index in [0.29, 0.717) is 0 Å². The average Bonchev–Trinajstić information content (AvgIpc) is 2.30. The number of benzene rings is 1. The van der Waals surface area contributed by atoms with Gasteiger partial charge >= 0.3 is 0 Å². The van der Waals surface area contributed by atoms with Crippen molar-refractivity contribution >= 4 is 0 Å². The number of hydrogen-bond donors (Lipinski definition) is 1. The fourth-order valence-electron chi connectivity index (χ4n) is 1.77. The van der Waals surface area contributed by atoms with Gasteiger partial charge in [-0.25, -0.2) is 0 Å². The van der Waals surface area contributed by atoms with Gasteiger partial charge in [-0.3, -0.25) is 0 Å². The maximum Gasteiger partial charge on any atom is 0.122 e. The lowest BCUT2D eigenvalue weighted by atomic mass is 9.94. The molecule has 2 nitrogen and oxygen atoms in total. The Morgan fingerprint density at radius 1 is 1.33 bits per heavy atom. The number of aryl methyl sites for hydroxylation is 1. The van der Waals surface area contributed by atoms with Crippen LogP contribution >= 0.6 is 0 Å². The van der Waals surface area contributed by atoms with Crippen LogP contribution in [-0.2, 0) is 6.42 Å². The molecule has 0 spiro atoms. The van der Waals surface area contributed by atoms with Crippen molar-refractivity contribution < 1.29 is 9.84 Å². The molecule has 1 unspecified atom stereocenters. The molecule has 0 radical (unpaired) electrons. The molecule has 0 bridgehead atoms. The van der Waals surface area contributed by atoms with Gasteiger partial charge in [-0.05, 0) is 30.0 Å². The Hall–Kier alpha value is -1.02. The Kier molecular flexibility index (Phi) is 4.63. The molecule has 84 valence electrons. The molecule has 0 aromatic heterocycles. The van der Waals surface area contributed by atoms with Crippen molar-refractivity contribution in [1.29, 1.82) is 0 Å². The minimum Gasteiger partial charge on any atom is -0.496 e. The zero-order valence-corrected chi connectivity index (χ0v) is 9.79. The van der Waals surface area contributed by atoms with Gasteiger partial charge in [0, 0.05) is 5.92 Å². The summed E-state index contributed by atoms with van der Waals surface area (Å²) in [6, 6.07) is 6.21. The van der Waals surface area contributed by atoms with Crippen molar-refractivity contribution in [2.24, 2.45) is 0 Å². The summed E-state index contributed by atoms with van der Waals surface area (Å²) in [5.74, 6) is 1.07. The average molecular weight is 208 g/mol. The van der Waals surface area contributed by atoms with E-state index in [4.69, 9.17) is 4.74 Å². The predicted molar refractivity (Wildman–Crippen MR) is 62.5 cm³/mol. The van der Waals surface area contributed by atoms with E-state index in [1.807, 2.05) is 6.07 Å². The third-order valence-corrected chi connectivity index (χ3v) is 2.86. The molecule has 1 aromatic rings. The van der Waals surface area contributed by atoms with Crippen LogP contribution in [0.3, 0.4) is 0 Å². The fraction of sp³-hybridized carbons (Fsp3) is 0.538. The molecule has 0 heterocycles. The quantitative estimate of drug-likeness (QED) is 0.806. The summed E-state index contributed by atoms with van der Waals surface area (Å²) in [6.07, 6.45) is 1.94. The molecule has 0 aliphatic heterocycles. The highest BCUT2D eigenvalue weighted by Crippen LogP contribution is 2.29. The summed E-state index contributed by atoms with van der Waals surface area (Å²) >= 11 is 0. The van der Waals surface area contributed by atoms with Crippen molar-refractivity contribution in [2.75, 3.05) is 13.7 Å². The zero-order chi connectivity index (χ0) is 11.3. The molecule has 1 atom stereocenters. The van der Waals surface area contributed by atoms with E-state index >= 15 is 0 Å². The van der Waals surface area contributed by atoms with Crippen LogP contribution in [0.25, 0.3) is 0 Å². The summed E-state index contributed by atoms with van der Waals surface area (Å²) in [5, 5.41) is 9.31. The lowest BCUT2D eigenvalue weighted by Crippen LogP contribution is -2.05. The highest BCUT2D eigenvalue weighted by Gasteiger charge is 2.13. The van der Waals surface area contributed by atoms with E-state index in [0.717, 1.165) is 24.2 Å². The van der Waals surface area contributed by atoms with E-state index in [1.54, 1.807) is 7.11 Å². The molecule has 0 aliphatic carbocycles. The third-order valence-electron chi connectivity index (χ3n) is 2.86. The molecule has 1 N–H and O–H groups in total. The Balaban J connectivity index is 3.09. The second-order valence-corrected chi connectivity index (χ2v) is 3.72. The lowest BCUT2D eigenvalue weighted by molar-refractivity contribution is 0.259. The summed E-state index contributed by atoms with van der Waals surface area (Å²) in [4.78, 5) is 0. The van der Waals surface area contributed by atoms with Gasteiger partial charge < -0.3 is 9.84 Å². The normalized spacial score (nSPS) is 12.5. The maximum atomic E-state index is 9.31. The monoisotopic (exact) mass is 208 g/mol. The van der Waals surface area contributed by atoms with E-state index in [9.17, 15) is 5.11 Å². The second kappa shape index (κ2) is 5.76.